The molecular formula is C19H21N3O4. The SMILES string of the molecule is O=C1CCC(N2CC3=CC(OC[C@H]4CCCCN4)=C=C=C3C2=O)C(=O)N1. The van der Waals surface area contributed by atoms with Gasteiger partial charge in [0, 0.05) is 19.0 Å². The minimum absolute atomic E-state index is 0.244. The van der Waals surface area contributed by atoms with Crippen LogP contribution in [0.1, 0.15) is 32.1 Å². The van der Waals surface area contributed by atoms with Crippen molar-refractivity contribution >= 4 is 17.7 Å². The normalized spacial score (nSPS) is 28.2. The number of nitrogens with one attached hydrogen (secondary N) is 2. The van der Waals surface area contributed by atoms with Gasteiger partial charge in [-0.1, -0.05) is 12.2 Å². The second-order valence-corrected chi connectivity index (χ2v) is 7.02. The standard InChI is InChI=1S/C19H21N3O4/c23-17-7-6-16(18(24)21-17)22-10-12-9-14(4-5-15(12)19(22)25)26-11-13-3-1-2-8-20-13/h9,13,16,20H,1-3,6-8,10-11H2,(H,21,23,24)/t13-,16?/m1/s1. The van der Waals surface area contributed by atoms with Crippen molar-refractivity contribution in [1.29, 1.82) is 0 Å². The van der Waals surface area contributed by atoms with E-state index in [1.807, 2.05) is 0 Å². The zero-order chi connectivity index (χ0) is 18.1. The van der Waals surface area contributed by atoms with Gasteiger partial charge in [-0.3, -0.25) is 19.7 Å². The van der Waals surface area contributed by atoms with E-state index in [1.165, 1.54) is 17.7 Å². The minimum Gasteiger partial charge on any atom is -0.484 e. The molecule has 0 bridgehead atoms. The first kappa shape index (κ1) is 16.9. The zero-order valence-corrected chi connectivity index (χ0v) is 14.5. The van der Waals surface area contributed by atoms with Crippen LogP contribution in [0.2, 0.25) is 0 Å². The van der Waals surface area contributed by atoms with E-state index in [2.05, 4.69) is 22.1 Å². The van der Waals surface area contributed by atoms with Gasteiger partial charge < -0.3 is 15.0 Å². The van der Waals surface area contributed by atoms with Crippen LogP contribution in [0.15, 0.2) is 34.4 Å². The molecule has 26 heavy (non-hydrogen) atoms. The van der Waals surface area contributed by atoms with Crippen molar-refractivity contribution in [3.05, 3.63) is 34.4 Å². The first-order valence-corrected chi connectivity index (χ1v) is 9.09. The molecule has 3 saturated heterocycles. The molecule has 2 N–H and O–H groups in total. The lowest BCUT2D eigenvalue weighted by atomic mass is 10.0. The van der Waals surface area contributed by atoms with Crippen LogP contribution in [0, 0.1) is 0 Å². The highest BCUT2D eigenvalue weighted by Gasteiger charge is 2.41. The number of imide groups is 1. The lowest BCUT2D eigenvalue weighted by Crippen LogP contribution is -2.52. The highest BCUT2D eigenvalue weighted by atomic mass is 16.5. The van der Waals surface area contributed by atoms with Crippen LogP contribution in [-0.4, -0.2) is 54.4 Å². The van der Waals surface area contributed by atoms with Crippen molar-refractivity contribution in [3.63, 3.8) is 0 Å². The first-order chi connectivity index (χ1) is 12.6. The first-order valence-electron chi connectivity index (χ1n) is 9.09. The molecule has 0 radical (unpaired) electrons. The molecule has 4 rings (SSSR count). The molecule has 4 aliphatic rings. The van der Waals surface area contributed by atoms with Gasteiger partial charge in [-0.2, -0.15) is 0 Å². The molecule has 1 aliphatic carbocycles. The van der Waals surface area contributed by atoms with Crippen molar-refractivity contribution in [2.75, 3.05) is 19.7 Å². The van der Waals surface area contributed by atoms with Crippen LogP contribution in [0.25, 0.3) is 0 Å². The Hall–Kier alpha value is -2.59. The summed E-state index contributed by atoms with van der Waals surface area (Å²) in [6, 6.07) is -0.274. The van der Waals surface area contributed by atoms with Crippen LogP contribution in [-0.2, 0) is 19.1 Å². The Morgan fingerprint density at radius 3 is 2.85 bits per heavy atom. The Balaban J connectivity index is 1.43. The quantitative estimate of drug-likeness (QED) is 0.559. The summed E-state index contributed by atoms with van der Waals surface area (Å²) in [7, 11) is 0. The number of carbonyl (C=O) groups excluding carboxylic acids is 3. The molecule has 3 amide bonds. The van der Waals surface area contributed by atoms with Gasteiger partial charge >= 0.3 is 0 Å². The number of nitrogens with zero attached hydrogens (tertiary/aromatic N) is 1. The topological polar surface area (TPSA) is 87.7 Å². The third-order valence-electron chi connectivity index (χ3n) is 5.19. The number of carbonyl (C=O) groups is 3. The third kappa shape index (κ3) is 3.25. The Kier molecular flexibility index (Phi) is 4.51. The summed E-state index contributed by atoms with van der Waals surface area (Å²) >= 11 is 0. The molecule has 0 spiro atoms. The molecule has 2 atom stereocenters. The van der Waals surface area contributed by atoms with E-state index >= 15 is 0 Å². The Bertz CT molecular complexity index is 794. The number of amides is 3. The molecule has 1 unspecified atom stereocenters. The number of fused-ring (bicyclic) bond motifs is 1. The smallest absolute Gasteiger partial charge is 0.263 e. The summed E-state index contributed by atoms with van der Waals surface area (Å²) in [4.78, 5) is 37.5. The molecule has 3 heterocycles. The van der Waals surface area contributed by atoms with Crippen molar-refractivity contribution in [2.45, 2.75) is 44.2 Å². The number of hydrogen-bond acceptors (Lipinski definition) is 5. The molecule has 3 aliphatic heterocycles. The van der Waals surface area contributed by atoms with E-state index in [4.69, 9.17) is 4.74 Å². The summed E-state index contributed by atoms with van der Waals surface area (Å²) in [6.07, 6.45) is 5.90. The largest absolute Gasteiger partial charge is 0.484 e. The van der Waals surface area contributed by atoms with Crippen LogP contribution >= 0.6 is 0 Å². The second kappa shape index (κ2) is 6.96. The predicted molar refractivity (Wildman–Crippen MR) is 91.6 cm³/mol. The van der Waals surface area contributed by atoms with Gasteiger partial charge in [0.15, 0.2) is 5.76 Å². The molecule has 0 aromatic carbocycles. The van der Waals surface area contributed by atoms with Crippen molar-refractivity contribution in [2.24, 2.45) is 0 Å². The van der Waals surface area contributed by atoms with Gasteiger partial charge in [0.25, 0.3) is 5.91 Å². The summed E-state index contributed by atoms with van der Waals surface area (Å²) in [5.41, 5.74) is 7.00. The Morgan fingerprint density at radius 1 is 1.19 bits per heavy atom. The maximum absolute atomic E-state index is 12.6. The minimum atomic E-state index is -0.614. The number of piperidine rings is 2. The molecular weight excluding hydrogens is 334 g/mol. The van der Waals surface area contributed by atoms with Crippen LogP contribution in [0.5, 0.6) is 0 Å². The summed E-state index contributed by atoms with van der Waals surface area (Å²) < 4.78 is 5.82. The molecule has 3 fully saturated rings. The monoisotopic (exact) mass is 355 g/mol. The van der Waals surface area contributed by atoms with Gasteiger partial charge in [0.05, 0.1) is 5.57 Å². The number of ether oxygens (including phenoxy) is 1. The molecule has 136 valence electrons. The molecule has 0 aromatic rings. The van der Waals surface area contributed by atoms with E-state index in [0.717, 1.165) is 18.5 Å². The third-order valence-corrected chi connectivity index (χ3v) is 5.19. The van der Waals surface area contributed by atoms with Gasteiger partial charge in [-0.05, 0) is 43.2 Å². The van der Waals surface area contributed by atoms with E-state index in [-0.39, 0.29) is 18.2 Å². The fourth-order valence-corrected chi connectivity index (χ4v) is 3.75. The number of hydrogen-bond donors (Lipinski definition) is 2. The fourth-order valence-electron chi connectivity index (χ4n) is 3.75. The van der Waals surface area contributed by atoms with Crippen molar-refractivity contribution in [3.8, 4) is 0 Å². The maximum atomic E-state index is 12.6. The summed E-state index contributed by atoms with van der Waals surface area (Å²) in [6.45, 7) is 1.90. The zero-order valence-electron chi connectivity index (χ0n) is 14.5. The fraction of sp³-hybridized carbons (Fsp3) is 0.526. The summed E-state index contributed by atoms with van der Waals surface area (Å²) in [5, 5.41) is 5.72. The molecule has 7 heteroatoms. The van der Waals surface area contributed by atoms with Gasteiger partial charge in [-0.25, -0.2) is 0 Å². The average Bonchev–Trinajstić information content (AvgIpc) is 2.97. The van der Waals surface area contributed by atoms with Gasteiger partial charge in [0.2, 0.25) is 11.8 Å². The van der Waals surface area contributed by atoms with Crippen LogP contribution < -0.4 is 10.6 Å². The lowest BCUT2D eigenvalue weighted by molar-refractivity contribution is -0.142. The highest BCUT2D eigenvalue weighted by molar-refractivity contribution is 6.06. The van der Waals surface area contributed by atoms with E-state index in [0.29, 0.717) is 36.9 Å². The summed E-state index contributed by atoms with van der Waals surface area (Å²) in [5.74, 6) is -0.381. The average molecular weight is 355 g/mol. The highest BCUT2D eigenvalue weighted by Crippen LogP contribution is 2.29. The second-order valence-electron chi connectivity index (χ2n) is 7.02. The number of rotatable bonds is 4. The number of allylic oxidation sites excluding steroid dienone is 1. The number of likely N-dealkylation sites (tertiary alicyclic amines) is 1. The van der Waals surface area contributed by atoms with Crippen molar-refractivity contribution < 1.29 is 19.1 Å². The van der Waals surface area contributed by atoms with Gasteiger partial charge in [0.1, 0.15) is 12.6 Å². The van der Waals surface area contributed by atoms with Gasteiger partial charge in [-0.15, -0.1) is 0 Å². The van der Waals surface area contributed by atoms with Crippen LogP contribution in [0.3, 0.4) is 0 Å². The van der Waals surface area contributed by atoms with E-state index < -0.39 is 11.9 Å². The van der Waals surface area contributed by atoms with E-state index in [1.54, 1.807) is 6.08 Å². The molecule has 7 nitrogen and oxygen atoms in total. The lowest BCUT2D eigenvalue weighted by Gasteiger charge is -2.28. The van der Waals surface area contributed by atoms with E-state index in [9.17, 15) is 14.4 Å². The predicted octanol–water partition coefficient (Wildman–Crippen LogP) is 0.297. The molecule has 0 saturated carbocycles. The molecule has 0 aromatic heterocycles. The Morgan fingerprint density at radius 2 is 2.08 bits per heavy atom. The Labute approximate surface area is 151 Å². The van der Waals surface area contributed by atoms with Crippen molar-refractivity contribution in [1.82, 2.24) is 15.5 Å². The van der Waals surface area contributed by atoms with Crippen LogP contribution in [0.4, 0.5) is 0 Å². The maximum Gasteiger partial charge on any atom is 0.263 e.